The summed E-state index contributed by atoms with van der Waals surface area (Å²) < 4.78 is 58.3. The Bertz CT molecular complexity index is 1090. The van der Waals surface area contributed by atoms with Gasteiger partial charge in [-0.3, -0.25) is 0 Å². The smallest absolute Gasteiger partial charge is 0.410 e. The third-order valence-corrected chi connectivity index (χ3v) is 6.91. The second-order valence-electron chi connectivity index (χ2n) is 8.94. The summed E-state index contributed by atoms with van der Waals surface area (Å²) in [7, 11) is -3.51. The first-order valence-corrected chi connectivity index (χ1v) is 13.0. The lowest BCUT2D eigenvalue weighted by Gasteiger charge is -2.42. The molecule has 2 atom stereocenters. The molecule has 2 aromatic rings. The molecule has 1 saturated carbocycles. The van der Waals surface area contributed by atoms with E-state index in [1.54, 1.807) is 0 Å². The van der Waals surface area contributed by atoms with Crippen LogP contribution < -0.4 is 4.72 Å². The second-order valence-corrected chi connectivity index (χ2v) is 10.7. The SMILES string of the molecule is CS(=O)(=O)NC1CCCN(C(=O)OC2CC(F)(F)C2)C1Cc1cccc(-c2ccccc2)c1. The Morgan fingerprint density at radius 1 is 1.12 bits per heavy atom. The van der Waals surface area contributed by atoms with Gasteiger partial charge in [-0.05, 0) is 36.0 Å². The van der Waals surface area contributed by atoms with Crippen molar-refractivity contribution in [2.75, 3.05) is 12.8 Å². The Kier molecular flexibility index (Phi) is 6.72. The minimum absolute atomic E-state index is 0.382. The van der Waals surface area contributed by atoms with Gasteiger partial charge in [0.05, 0.1) is 12.3 Å². The Labute approximate surface area is 193 Å². The fraction of sp³-hybridized carbons (Fsp3) is 0.458. The van der Waals surface area contributed by atoms with Gasteiger partial charge in [0, 0.05) is 25.4 Å². The molecule has 178 valence electrons. The first-order valence-electron chi connectivity index (χ1n) is 11.1. The van der Waals surface area contributed by atoms with Crippen LogP contribution in [0.5, 0.6) is 0 Å². The molecule has 0 bridgehead atoms. The van der Waals surface area contributed by atoms with Crippen molar-refractivity contribution in [2.24, 2.45) is 0 Å². The zero-order chi connectivity index (χ0) is 23.6. The molecule has 4 rings (SSSR count). The van der Waals surface area contributed by atoms with E-state index in [4.69, 9.17) is 4.74 Å². The van der Waals surface area contributed by atoms with E-state index in [1.807, 2.05) is 54.6 Å². The average Bonchev–Trinajstić information content (AvgIpc) is 2.73. The van der Waals surface area contributed by atoms with E-state index >= 15 is 0 Å². The van der Waals surface area contributed by atoms with Crippen molar-refractivity contribution in [3.63, 3.8) is 0 Å². The summed E-state index contributed by atoms with van der Waals surface area (Å²) in [5.41, 5.74) is 3.01. The number of likely N-dealkylation sites (tertiary alicyclic amines) is 1. The van der Waals surface area contributed by atoms with Crippen LogP contribution in [-0.2, 0) is 21.2 Å². The molecule has 33 heavy (non-hydrogen) atoms. The molecule has 1 N–H and O–H groups in total. The number of nitrogens with one attached hydrogen (secondary N) is 1. The van der Waals surface area contributed by atoms with E-state index in [2.05, 4.69) is 4.72 Å². The first-order chi connectivity index (χ1) is 15.6. The lowest BCUT2D eigenvalue weighted by Crippen LogP contribution is -2.58. The number of carbonyl (C=O) groups excluding carboxylic acids is 1. The van der Waals surface area contributed by atoms with Crippen LogP contribution in [0.1, 0.15) is 31.2 Å². The Morgan fingerprint density at radius 2 is 1.82 bits per heavy atom. The molecule has 1 amide bonds. The molecule has 2 aliphatic rings. The highest BCUT2D eigenvalue weighted by Crippen LogP contribution is 2.40. The summed E-state index contributed by atoms with van der Waals surface area (Å²) in [6.07, 6.45) is 0.239. The molecule has 2 aromatic carbocycles. The van der Waals surface area contributed by atoms with Gasteiger partial charge in [-0.1, -0.05) is 54.6 Å². The molecule has 1 aliphatic carbocycles. The number of ether oxygens (including phenoxy) is 1. The fourth-order valence-electron chi connectivity index (χ4n) is 4.60. The molecular formula is C24H28F2N2O4S. The number of benzene rings is 2. The molecule has 1 saturated heterocycles. The normalized spacial score (nSPS) is 23.1. The van der Waals surface area contributed by atoms with E-state index in [9.17, 15) is 22.0 Å². The quantitative estimate of drug-likeness (QED) is 0.675. The number of rotatable bonds is 6. The maximum absolute atomic E-state index is 13.2. The first kappa shape index (κ1) is 23.6. The minimum atomic E-state index is -3.51. The topological polar surface area (TPSA) is 75.7 Å². The number of halogens is 2. The van der Waals surface area contributed by atoms with Crippen LogP contribution in [0.3, 0.4) is 0 Å². The molecular weight excluding hydrogens is 450 g/mol. The van der Waals surface area contributed by atoms with Gasteiger partial charge in [0.25, 0.3) is 5.92 Å². The highest BCUT2D eigenvalue weighted by atomic mass is 32.2. The molecule has 2 fully saturated rings. The van der Waals surface area contributed by atoms with Crippen LogP contribution in [-0.4, -0.2) is 56.3 Å². The number of hydrogen-bond donors (Lipinski definition) is 1. The van der Waals surface area contributed by atoms with Crippen LogP contribution in [0.2, 0.25) is 0 Å². The maximum atomic E-state index is 13.2. The summed E-state index contributed by atoms with van der Waals surface area (Å²) >= 11 is 0. The van der Waals surface area contributed by atoms with E-state index in [1.165, 1.54) is 4.90 Å². The zero-order valence-corrected chi connectivity index (χ0v) is 19.2. The van der Waals surface area contributed by atoms with Gasteiger partial charge in [0.2, 0.25) is 10.0 Å². The van der Waals surface area contributed by atoms with Gasteiger partial charge in [0.15, 0.2) is 0 Å². The lowest BCUT2D eigenvalue weighted by atomic mass is 9.90. The van der Waals surface area contributed by atoms with Gasteiger partial charge < -0.3 is 9.64 Å². The van der Waals surface area contributed by atoms with Crippen molar-refractivity contribution in [1.29, 1.82) is 0 Å². The predicted octanol–water partition coefficient (Wildman–Crippen LogP) is 4.21. The average molecular weight is 479 g/mol. The third kappa shape index (κ3) is 6.09. The number of carbonyl (C=O) groups is 1. The van der Waals surface area contributed by atoms with Crippen LogP contribution in [0.25, 0.3) is 11.1 Å². The highest BCUT2D eigenvalue weighted by molar-refractivity contribution is 7.88. The standard InChI is InChI=1S/C24H28F2N2O4S/c1-33(30,31)27-21-11-6-12-28(23(29)32-20-15-24(25,26)16-20)22(21)14-17-7-5-10-19(13-17)18-8-3-2-4-9-18/h2-5,7-10,13,20-22,27H,6,11-12,14-16H2,1H3. The van der Waals surface area contributed by atoms with E-state index in [-0.39, 0.29) is 0 Å². The van der Waals surface area contributed by atoms with E-state index in [0.717, 1.165) is 22.9 Å². The van der Waals surface area contributed by atoms with Crippen LogP contribution in [0, 0.1) is 0 Å². The molecule has 1 aliphatic heterocycles. The molecule has 1 heterocycles. The number of nitrogens with zero attached hydrogens (tertiary/aromatic N) is 1. The third-order valence-electron chi connectivity index (χ3n) is 6.18. The Morgan fingerprint density at radius 3 is 2.48 bits per heavy atom. The molecule has 0 radical (unpaired) electrons. The van der Waals surface area contributed by atoms with Gasteiger partial charge in [-0.15, -0.1) is 0 Å². The van der Waals surface area contributed by atoms with Crippen molar-refractivity contribution >= 4 is 16.1 Å². The number of piperidine rings is 1. The monoisotopic (exact) mass is 478 g/mol. The number of amides is 1. The van der Waals surface area contributed by atoms with Crippen molar-refractivity contribution in [2.45, 2.75) is 56.2 Å². The zero-order valence-electron chi connectivity index (χ0n) is 18.4. The summed E-state index contributed by atoms with van der Waals surface area (Å²) in [5.74, 6) is -2.79. The van der Waals surface area contributed by atoms with Gasteiger partial charge in [-0.2, -0.15) is 0 Å². The Balaban J connectivity index is 1.56. The van der Waals surface area contributed by atoms with Gasteiger partial charge >= 0.3 is 6.09 Å². The fourth-order valence-corrected chi connectivity index (χ4v) is 5.42. The van der Waals surface area contributed by atoms with Crippen molar-refractivity contribution in [3.8, 4) is 11.1 Å². The summed E-state index contributed by atoms with van der Waals surface area (Å²) in [6.45, 7) is 0.382. The van der Waals surface area contributed by atoms with Crippen molar-refractivity contribution in [3.05, 3.63) is 60.2 Å². The molecule has 9 heteroatoms. The van der Waals surface area contributed by atoms with Crippen LogP contribution >= 0.6 is 0 Å². The van der Waals surface area contributed by atoms with Crippen molar-refractivity contribution in [1.82, 2.24) is 9.62 Å². The summed E-state index contributed by atoms with van der Waals surface area (Å²) in [6, 6.07) is 16.8. The highest BCUT2D eigenvalue weighted by Gasteiger charge is 2.48. The van der Waals surface area contributed by atoms with Gasteiger partial charge in [-0.25, -0.2) is 26.7 Å². The number of alkyl halides is 2. The van der Waals surface area contributed by atoms with E-state index < -0.39 is 53.1 Å². The Hall–Kier alpha value is -2.52. The predicted molar refractivity (Wildman–Crippen MR) is 122 cm³/mol. The van der Waals surface area contributed by atoms with E-state index in [0.29, 0.717) is 25.8 Å². The largest absolute Gasteiger partial charge is 0.446 e. The number of sulfonamides is 1. The number of hydrogen-bond acceptors (Lipinski definition) is 4. The molecule has 0 spiro atoms. The summed E-state index contributed by atoms with van der Waals surface area (Å²) in [4.78, 5) is 14.4. The van der Waals surface area contributed by atoms with Crippen LogP contribution in [0.4, 0.5) is 13.6 Å². The molecule has 0 aromatic heterocycles. The minimum Gasteiger partial charge on any atom is -0.446 e. The van der Waals surface area contributed by atoms with Gasteiger partial charge in [0.1, 0.15) is 6.10 Å². The summed E-state index contributed by atoms with van der Waals surface area (Å²) in [5, 5.41) is 0. The molecule has 6 nitrogen and oxygen atoms in total. The van der Waals surface area contributed by atoms with Crippen LogP contribution in [0.15, 0.2) is 54.6 Å². The molecule has 2 unspecified atom stereocenters. The lowest BCUT2D eigenvalue weighted by molar-refractivity contribution is -0.149. The van der Waals surface area contributed by atoms with Crippen molar-refractivity contribution < 1.29 is 26.7 Å². The second kappa shape index (κ2) is 9.38. The maximum Gasteiger partial charge on any atom is 0.410 e.